The van der Waals surface area contributed by atoms with Gasteiger partial charge in [0.1, 0.15) is 11.6 Å². The number of rotatable bonds is 7. The second-order valence-electron chi connectivity index (χ2n) is 4.67. The van der Waals surface area contributed by atoms with Gasteiger partial charge in [-0.25, -0.2) is 0 Å². The predicted molar refractivity (Wildman–Crippen MR) is 90.0 cm³/mol. The van der Waals surface area contributed by atoms with Crippen molar-refractivity contribution in [3.63, 3.8) is 0 Å². The van der Waals surface area contributed by atoms with Crippen molar-refractivity contribution in [1.82, 2.24) is 5.32 Å². The molecule has 0 unspecified atom stereocenters. The average Bonchev–Trinajstić information content (AvgIpc) is 3.12. The molecule has 130 valence electrons. The van der Waals surface area contributed by atoms with Crippen molar-refractivity contribution in [2.24, 2.45) is 0 Å². The molecule has 1 aromatic carbocycles. The molecule has 1 heterocycles. The normalized spacial score (nSPS) is 10.1. The van der Waals surface area contributed by atoms with E-state index in [9.17, 15) is 24.5 Å². The Morgan fingerprint density at radius 2 is 2.04 bits per heavy atom. The van der Waals surface area contributed by atoms with E-state index in [1.165, 1.54) is 23.5 Å². The summed E-state index contributed by atoms with van der Waals surface area (Å²) in [7, 11) is 0. The minimum atomic E-state index is -0.804. The molecule has 0 aliphatic heterocycles. The van der Waals surface area contributed by atoms with Crippen molar-refractivity contribution in [2.45, 2.75) is 0 Å². The second kappa shape index (κ2) is 8.36. The molecule has 1 N–H and O–H groups in total. The summed E-state index contributed by atoms with van der Waals surface area (Å²) in [6, 6.07) is 6.81. The number of hydrogen-bond acceptors (Lipinski definition) is 7. The molecule has 1 aromatic heterocycles. The number of hydrogen-bond donors (Lipinski definition) is 1. The van der Waals surface area contributed by atoms with Crippen molar-refractivity contribution in [3.05, 3.63) is 61.3 Å². The molecule has 0 atom stereocenters. The van der Waals surface area contributed by atoms with Gasteiger partial charge in [0, 0.05) is 11.6 Å². The number of benzene rings is 1. The minimum Gasteiger partial charge on any atom is -0.456 e. The molecule has 1 amide bonds. The Morgan fingerprint density at radius 3 is 2.68 bits per heavy atom. The number of esters is 1. The van der Waals surface area contributed by atoms with Crippen molar-refractivity contribution in [3.8, 4) is 0 Å². The summed E-state index contributed by atoms with van der Waals surface area (Å²) in [6.07, 6.45) is 0. The summed E-state index contributed by atoms with van der Waals surface area (Å²) in [5.41, 5.74) is -0.447. The zero-order chi connectivity index (χ0) is 18.4. The van der Waals surface area contributed by atoms with Crippen LogP contribution in [-0.2, 0) is 9.53 Å². The summed E-state index contributed by atoms with van der Waals surface area (Å²) in [6.45, 7) is -0.908. The summed E-state index contributed by atoms with van der Waals surface area (Å²) in [5.74, 6) is -1.86. The minimum absolute atomic E-state index is 0.0291. The molecule has 0 radical (unpaired) electrons. The highest BCUT2D eigenvalue weighted by Gasteiger charge is 2.17. The van der Waals surface area contributed by atoms with Crippen LogP contribution in [0, 0.1) is 10.1 Å². The van der Waals surface area contributed by atoms with E-state index in [2.05, 4.69) is 5.32 Å². The highest BCUT2D eigenvalue weighted by molar-refractivity contribution is 7.12. The zero-order valence-corrected chi connectivity index (χ0v) is 14.1. The monoisotopic (exact) mass is 382 g/mol. The quantitative estimate of drug-likeness (QED) is 0.340. The standard InChI is InChI=1S/C15H11ClN2O6S/c16-10-4-3-9(6-11(10)18(22)23)15(21)17-7-14(20)24-8-12(19)13-2-1-5-25-13/h1-6H,7-8H2,(H,17,21). The van der Waals surface area contributed by atoms with E-state index in [4.69, 9.17) is 16.3 Å². The Morgan fingerprint density at radius 1 is 1.28 bits per heavy atom. The summed E-state index contributed by atoms with van der Waals surface area (Å²) in [4.78, 5) is 45.7. The molecule has 8 nitrogen and oxygen atoms in total. The Hall–Kier alpha value is -2.78. The van der Waals surface area contributed by atoms with Gasteiger partial charge in [-0.1, -0.05) is 17.7 Å². The summed E-state index contributed by atoms with van der Waals surface area (Å²) < 4.78 is 4.77. The number of ether oxygens (including phenoxy) is 1. The van der Waals surface area contributed by atoms with E-state index in [-0.39, 0.29) is 16.4 Å². The Kier molecular flexibility index (Phi) is 6.20. The number of thiophene rings is 1. The fourth-order valence-corrected chi connectivity index (χ4v) is 2.59. The topological polar surface area (TPSA) is 116 Å². The van der Waals surface area contributed by atoms with E-state index in [0.29, 0.717) is 4.88 Å². The zero-order valence-electron chi connectivity index (χ0n) is 12.6. The van der Waals surface area contributed by atoms with E-state index in [1.54, 1.807) is 17.5 Å². The van der Waals surface area contributed by atoms with Crippen LogP contribution in [0.2, 0.25) is 5.02 Å². The summed E-state index contributed by atoms with van der Waals surface area (Å²) in [5, 5.41) is 14.7. The fourth-order valence-electron chi connectivity index (χ4n) is 1.75. The molecule has 2 rings (SSSR count). The maximum atomic E-state index is 11.9. The highest BCUT2D eigenvalue weighted by Crippen LogP contribution is 2.24. The largest absolute Gasteiger partial charge is 0.456 e. The second-order valence-corrected chi connectivity index (χ2v) is 6.02. The number of carbonyl (C=O) groups is 3. The number of halogens is 1. The average molecular weight is 383 g/mol. The van der Waals surface area contributed by atoms with E-state index >= 15 is 0 Å². The van der Waals surface area contributed by atoms with Crippen LogP contribution in [0.1, 0.15) is 20.0 Å². The van der Waals surface area contributed by atoms with E-state index < -0.39 is 35.6 Å². The van der Waals surface area contributed by atoms with Crippen LogP contribution in [-0.4, -0.2) is 35.7 Å². The Bertz CT molecular complexity index is 821. The number of nitro groups is 1. The van der Waals surface area contributed by atoms with Gasteiger partial charge in [-0.2, -0.15) is 0 Å². The van der Waals surface area contributed by atoms with Crippen LogP contribution >= 0.6 is 22.9 Å². The first kappa shape index (κ1) is 18.6. The van der Waals surface area contributed by atoms with Crippen LogP contribution in [0.4, 0.5) is 5.69 Å². The predicted octanol–water partition coefficient (Wildman–Crippen LogP) is 2.47. The lowest BCUT2D eigenvalue weighted by Gasteiger charge is -2.06. The van der Waals surface area contributed by atoms with Gasteiger partial charge in [-0.05, 0) is 23.6 Å². The van der Waals surface area contributed by atoms with Crippen molar-refractivity contribution in [1.29, 1.82) is 0 Å². The van der Waals surface area contributed by atoms with Crippen LogP contribution in [0.25, 0.3) is 0 Å². The SMILES string of the molecule is O=C(CNC(=O)c1ccc(Cl)c([N+](=O)[O-])c1)OCC(=O)c1cccs1. The van der Waals surface area contributed by atoms with Gasteiger partial charge in [0.25, 0.3) is 11.6 Å². The molecule has 0 saturated heterocycles. The molecule has 0 bridgehead atoms. The number of carbonyl (C=O) groups excluding carboxylic acids is 3. The molecular formula is C15H11ClN2O6S. The van der Waals surface area contributed by atoms with Gasteiger partial charge < -0.3 is 10.1 Å². The molecule has 0 fully saturated rings. The van der Waals surface area contributed by atoms with Gasteiger partial charge in [0.2, 0.25) is 5.78 Å². The van der Waals surface area contributed by atoms with Gasteiger partial charge >= 0.3 is 5.97 Å². The number of amides is 1. The molecule has 25 heavy (non-hydrogen) atoms. The van der Waals surface area contributed by atoms with Crippen LogP contribution < -0.4 is 5.32 Å². The van der Waals surface area contributed by atoms with Gasteiger partial charge in [0.05, 0.1) is 9.80 Å². The van der Waals surface area contributed by atoms with Gasteiger partial charge in [-0.15, -0.1) is 11.3 Å². The lowest BCUT2D eigenvalue weighted by Crippen LogP contribution is -2.31. The van der Waals surface area contributed by atoms with E-state index in [0.717, 1.165) is 6.07 Å². The van der Waals surface area contributed by atoms with Gasteiger partial charge in [-0.3, -0.25) is 24.5 Å². The van der Waals surface area contributed by atoms with Crippen molar-refractivity contribution in [2.75, 3.05) is 13.2 Å². The third kappa shape index (κ3) is 5.10. The van der Waals surface area contributed by atoms with Crippen LogP contribution in [0.15, 0.2) is 35.7 Å². The molecule has 0 spiro atoms. The maximum Gasteiger partial charge on any atom is 0.325 e. The first-order valence-electron chi connectivity index (χ1n) is 6.83. The summed E-state index contributed by atoms with van der Waals surface area (Å²) >= 11 is 6.88. The van der Waals surface area contributed by atoms with Gasteiger partial charge in [0.15, 0.2) is 6.61 Å². The molecule has 0 saturated carbocycles. The number of nitrogens with zero attached hydrogens (tertiary/aromatic N) is 1. The smallest absolute Gasteiger partial charge is 0.325 e. The lowest BCUT2D eigenvalue weighted by molar-refractivity contribution is -0.384. The molecule has 2 aromatic rings. The third-order valence-electron chi connectivity index (χ3n) is 2.96. The maximum absolute atomic E-state index is 11.9. The molecule has 10 heteroatoms. The fraction of sp³-hybridized carbons (Fsp3) is 0.133. The van der Waals surface area contributed by atoms with Crippen LogP contribution in [0.3, 0.4) is 0 Å². The number of nitrogens with one attached hydrogen (secondary N) is 1. The number of nitro benzene ring substituents is 1. The van der Waals surface area contributed by atoms with Crippen LogP contribution in [0.5, 0.6) is 0 Å². The first-order valence-corrected chi connectivity index (χ1v) is 8.08. The van der Waals surface area contributed by atoms with E-state index in [1.807, 2.05) is 0 Å². The third-order valence-corrected chi connectivity index (χ3v) is 4.19. The molecule has 0 aliphatic rings. The Labute approximate surface area is 150 Å². The first-order chi connectivity index (χ1) is 11.9. The molecular weight excluding hydrogens is 372 g/mol. The molecule has 0 aliphatic carbocycles. The lowest BCUT2D eigenvalue weighted by atomic mass is 10.2. The number of Topliss-reactive ketones (excluding diaryl/α,β-unsaturated/α-hetero) is 1. The Balaban J connectivity index is 1.85. The van der Waals surface area contributed by atoms with Crippen molar-refractivity contribution < 1.29 is 24.0 Å². The highest BCUT2D eigenvalue weighted by atomic mass is 35.5. The number of ketones is 1. The van der Waals surface area contributed by atoms with Crippen molar-refractivity contribution >= 4 is 46.3 Å².